The summed E-state index contributed by atoms with van der Waals surface area (Å²) in [6.07, 6.45) is 4.84. The largest absolute Gasteiger partial charge is 0.466 e. The summed E-state index contributed by atoms with van der Waals surface area (Å²) in [6, 6.07) is 0. The molecule has 0 fully saturated rings. The van der Waals surface area contributed by atoms with E-state index < -0.39 is 11.7 Å². The van der Waals surface area contributed by atoms with E-state index in [-0.39, 0.29) is 29.9 Å². The quantitative estimate of drug-likeness (QED) is 0.122. The fourth-order valence-corrected chi connectivity index (χ4v) is 2.21. The monoisotopic (exact) mass is 514 g/mol. The maximum Gasteiger partial charge on any atom is 0.407 e. The van der Waals surface area contributed by atoms with Gasteiger partial charge in [0.1, 0.15) is 5.60 Å². The van der Waals surface area contributed by atoms with Crippen molar-refractivity contribution in [3.63, 3.8) is 0 Å². The van der Waals surface area contributed by atoms with Gasteiger partial charge in [-0.15, -0.1) is 24.0 Å². The normalized spacial score (nSPS) is 11.2. The van der Waals surface area contributed by atoms with Crippen molar-refractivity contribution in [2.24, 2.45) is 4.99 Å². The SMILES string of the molecule is CCOC(=O)CCCCCCNC(=NC)NCCCNC(=O)OC(C)(C)C.I. The Morgan fingerprint density at radius 3 is 2.04 bits per heavy atom. The minimum Gasteiger partial charge on any atom is -0.466 e. The number of hydrogen-bond acceptors (Lipinski definition) is 5. The van der Waals surface area contributed by atoms with Crippen molar-refractivity contribution in [1.29, 1.82) is 0 Å². The fraction of sp³-hybridized carbons (Fsp3) is 0.842. The molecule has 0 atom stereocenters. The molecule has 1 amide bonds. The van der Waals surface area contributed by atoms with Gasteiger partial charge in [0.25, 0.3) is 0 Å². The predicted molar refractivity (Wildman–Crippen MR) is 123 cm³/mol. The molecule has 0 heterocycles. The zero-order valence-corrected chi connectivity index (χ0v) is 20.4. The van der Waals surface area contributed by atoms with Gasteiger partial charge in [0.05, 0.1) is 6.61 Å². The van der Waals surface area contributed by atoms with Gasteiger partial charge in [-0.3, -0.25) is 9.79 Å². The number of aliphatic imine (C=N–C) groups is 1. The zero-order chi connectivity index (χ0) is 20.5. The van der Waals surface area contributed by atoms with Crippen LogP contribution < -0.4 is 16.0 Å². The third-order valence-corrected chi connectivity index (χ3v) is 3.44. The molecule has 0 radical (unpaired) electrons. The molecule has 0 aliphatic carbocycles. The maximum atomic E-state index is 11.5. The number of amides is 1. The van der Waals surface area contributed by atoms with Crippen LogP contribution >= 0.6 is 24.0 Å². The van der Waals surface area contributed by atoms with Crippen LogP contribution in [0.2, 0.25) is 0 Å². The minimum atomic E-state index is -0.479. The van der Waals surface area contributed by atoms with Gasteiger partial charge >= 0.3 is 12.1 Å². The summed E-state index contributed by atoms with van der Waals surface area (Å²) >= 11 is 0. The van der Waals surface area contributed by atoms with Gasteiger partial charge in [0.15, 0.2) is 5.96 Å². The van der Waals surface area contributed by atoms with Gasteiger partial charge < -0.3 is 25.4 Å². The summed E-state index contributed by atoms with van der Waals surface area (Å²) < 4.78 is 10.1. The van der Waals surface area contributed by atoms with Crippen molar-refractivity contribution < 1.29 is 19.1 Å². The van der Waals surface area contributed by atoms with E-state index in [4.69, 9.17) is 9.47 Å². The number of unbranched alkanes of at least 4 members (excludes halogenated alkanes) is 3. The Morgan fingerprint density at radius 1 is 0.893 bits per heavy atom. The average Bonchev–Trinajstić information content (AvgIpc) is 2.57. The minimum absolute atomic E-state index is 0. The Morgan fingerprint density at radius 2 is 1.46 bits per heavy atom. The van der Waals surface area contributed by atoms with E-state index in [2.05, 4.69) is 20.9 Å². The van der Waals surface area contributed by atoms with Crippen LogP contribution in [0.3, 0.4) is 0 Å². The van der Waals surface area contributed by atoms with Crippen LogP contribution in [-0.4, -0.2) is 56.9 Å². The zero-order valence-electron chi connectivity index (χ0n) is 18.1. The van der Waals surface area contributed by atoms with Crippen molar-refractivity contribution in [2.45, 2.75) is 71.8 Å². The third-order valence-electron chi connectivity index (χ3n) is 3.44. The molecule has 0 aromatic heterocycles. The maximum absolute atomic E-state index is 11.5. The Hall–Kier alpha value is -1.26. The van der Waals surface area contributed by atoms with Gasteiger partial charge in [-0.1, -0.05) is 12.8 Å². The van der Waals surface area contributed by atoms with E-state index in [1.807, 2.05) is 27.7 Å². The number of halogens is 1. The molecule has 0 unspecified atom stereocenters. The lowest BCUT2D eigenvalue weighted by Gasteiger charge is -2.19. The first-order valence-electron chi connectivity index (χ1n) is 9.85. The first kappa shape index (κ1) is 28.9. The molecule has 166 valence electrons. The standard InChI is InChI=1S/C19H38N4O4.HI/c1-6-26-16(24)12-9-7-8-10-13-21-17(20-5)22-14-11-15-23-18(25)27-19(2,3)4;/h6-15H2,1-5H3,(H,23,25)(H2,20,21,22);1H. The van der Waals surface area contributed by atoms with E-state index in [0.717, 1.165) is 44.6 Å². The van der Waals surface area contributed by atoms with Crippen molar-refractivity contribution in [1.82, 2.24) is 16.0 Å². The average molecular weight is 514 g/mol. The van der Waals surface area contributed by atoms with Crippen LogP contribution in [-0.2, 0) is 14.3 Å². The summed E-state index contributed by atoms with van der Waals surface area (Å²) in [5.74, 6) is 0.639. The van der Waals surface area contributed by atoms with E-state index in [0.29, 0.717) is 26.1 Å². The van der Waals surface area contributed by atoms with E-state index in [9.17, 15) is 9.59 Å². The Labute approximate surface area is 187 Å². The molecule has 0 bridgehead atoms. The molecule has 0 aliphatic heterocycles. The molecule has 0 aromatic carbocycles. The highest BCUT2D eigenvalue weighted by molar-refractivity contribution is 14.0. The molecule has 0 spiro atoms. The van der Waals surface area contributed by atoms with Crippen molar-refractivity contribution >= 4 is 42.0 Å². The van der Waals surface area contributed by atoms with Gasteiger partial charge in [0, 0.05) is 33.1 Å². The Bertz CT molecular complexity index is 454. The number of ether oxygens (including phenoxy) is 2. The number of guanidine groups is 1. The van der Waals surface area contributed by atoms with Gasteiger partial charge in [-0.2, -0.15) is 0 Å². The van der Waals surface area contributed by atoms with E-state index in [1.54, 1.807) is 7.05 Å². The first-order valence-corrected chi connectivity index (χ1v) is 9.85. The lowest BCUT2D eigenvalue weighted by molar-refractivity contribution is -0.143. The van der Waals surface area contributed by atoms with Crippen molar-refractivity contribution in [3.05, 3.63) is 0 Å². The summed E-state index contributed by atoms with van der Waals surface area (Å²) in [4.78, 5) is 26.9. The molecule has 3 N–H and O–H groups in total. The lowest BCUT2D eigenvalue weighted by Crippen LogP contribution is -2.39. The molecule has 8 nitrogen and oxygen atoms in total. The van der Waals surface area contributed by atoms with Crippen molar-refractivity contribution in [3.8, 4) is 0 Å². The van der Waals surface area contributed by atoms with Gasteiger partial charge in [0.2, 0.25) is 0 Å². The molecule has 28 heavy (non-hydrogen) atoms. The number of esters is 1. The number of nitrogens with zero attached hydrogens (tertiary/aromatic N) is 1. The Kier molecular flexibility index (Phi) is 18.4. The molecule has 0 aliphatic rings. The number of carbonyl (C=O) groups excluding carboxylic acids is 2. The highest BCUT2D eigenvalue weighted by atomic mass is 127. The van der Waals surface area contributed by atoms with Crippen LogP contribution in [0.1, 0.15) is 66.2 Å². The first-order chi connectivity index (χ1) is 12.8. The smallest absolute Gasteiger partial charge is 0.407 e. The summed E-state index contributed by atoms with van der Waals surface area (Å²) in [7, 11) is 1.73. The number of carbonyl (C=O) groups is 2. The molecule has 0 saturated heterocycles. The van der Waals surface area contributed by atoms with Crippen LogP contribution in [0.4, 0.5) is 4.79 Å². The number of nitrogens with one attached hydrogen (secondary N) is 3. The number of hydrogen-bond donors (Lipinski definition) is 3. The molecule has 0 aromatic rings. The molecular formula is C19H39IN4O4. The van der Waals surface area contributed by atoms with Crippen LogP contribution in [0.5, 0.6) is 0 Å². The highest BCUT2D eigenvalue weighted by Gasteiger charge is 2.15. The molecule has 9 heteroatoms. The summed E-state index contributed by atoms with van der Waals surface area (Å²) in [5.41, 5.74) is -0.479. The Balaban J connectivity index is 0. The van der Waals surface area contributed by atoms with Crippen LogP contribution in [0, 0.1) is 0 Å². The van der Waals surface area contributed by atoms with Crippen molar-refractivity contribution in [2.75, 3.05) is 33.3 Å². The summed E-state index contributed by atoms with van der Waals surface area (Å²) in [5, 5.41) is 9.19. The van der Waals surface area contributed by atoms with Crippen LogP contribution in [0.25, 0.3) is 0 Å². The van der Waals surface area contributed by atoms with Gasteiger partial charge in [-0.05, 0) is 47.0 Å². The van der Waals surface area contributed by atoms with Gasteiger partial charge in [-0.25, -0.2) is 4.79 Å². The van der Waals surface area contributed by atoms with E-state index in [1.165, 1.54) is 0 Å². The second-order valence-electron chi connectivity index (χ2n) is 7.18. The molecular weight excluding hydrogens is 475 g/mol. The highest BCUT2D eigenvalue weighted by Crippen LogP contribution is 2.06. The van der Waals surface area contributed by atoms with E-state index >= 15 is 0 Å². The summed E-state index contributed by atoms with van der Waals surface area (Å²) in [6.45, 7) is 9.86. The fourth-order valence-electron chi connectivity index (χ4n) is 2.21. The van der Waals surface area contributed by atoms with Crippen LogP contribution in [0.15, 0.2) is 4.99 Å². The molecule has 0 rings (SSSR count). The topological polar surface area (TPSA) is 101 Å². The number of alkyl carbamates (subject to hydrolysis) is 1. The second kappa shape index (κ2) is 17.8. The predicted octanol–water partition coefficient (Wildman–Crippen LogP) is 3.20. The number of rotatable bonds is 12. The third kappa shape index (κ3) is 19.5. The molecule has 0 saturated carbocycles. The second-order valence-corrected chi connectivity index (χ2v) is 7.18. The lowest BCUT2D eigenvalue weighted by atomic mass is 10.1.